The average molecular weight is 485 g/mol. The number of sulfone groups is 1. The third-order valence-electron chi connectivity index (χ3n) is 4.58. The Morgan fingerprint density at radius 1 is 1.27 bits per heavy atom. The lowest BCUT2D eigenvalue weighted by molar-refractivity contribution is 0.226. The molecule has 10 heteroatoms. The number of aromatic nitrogens is 1. The number of carbonyl (C=O) groups is 1. The molecule has 1 atom stereocenters. The molecule has 3 N–H and O–H groups in total. The Labute approximate surface area is 196 Å². The molecule has 0 saturated carbocycles. The number of aliphatic hydroxyl groups is 1. The lowest BCUT2D eigenvalue weighted by Gasteiger charge is -2.11. The van der Waals surface area contributed by atoms with E-state index in [0.29, 0.717) is 16.4 Å². The number of aliphatic hydroxyl groups excluding tert-OH is 1. The molecule has 0 aliphatic carbocycles. The van der Waals surface area contributed by atoms with E-state index in [1.807, 2.05) is 24.3 Å². The molecular weight excluding hydrogens is 460 g/mol. The van der Waals surface area contributed by atoms with Gasteiger partial charge in [-0.2, -0.15) is 0 Å². The number of allylic oxidation sites excluding steroid dienone is 1. The third-order valence-corrected chi connectivity index (χ3v) is 6.62. The van der Waals surface area contributed by atoms with Crippen LogP contribution in [0.15, 0.2) is 77.3 Å². The zero-order valence-electron chi connectivity index (χ0n) is 18.1. The lowest BCUT2D eigenvalue weighted by Crippen LogP contribution is -2.38. The Hall–Kier alpha value is -3.34. The van der Waals surface area contributed by atoms with Gasteiger partial charge in [0.15, 0.2) is 15.0 Å². The van der Waals surface area contributed by atoms with Gasteiger partial charge in [0.05, 0.1) is 27.4 Å². The Morgan fingerprint density at radius 2 is 2.03 bits per heavy atom. The molecule has 2 amide bonds. The van der Waals surface area contributed by atoms with Crippen LogP contribution in [0.1, 0.15) is 6.92 Å². The molecule has 0 spiro atoms. The second kappa shape index (κ2) is 10.5. The maximum absolute atomic E-state index is 12.3. The van der Waals surface area contributed by atoms with Crippen molar-refractivity contribution in [1.29, 1.82) is 0 Å². The first-order valence-electron chi connectivity index (χ1n) is 9.96. The van der Waals surface area contributed by atoms with Gasteiger partial charge in [-0.15, -0.1) is 0 Å². The van der Waals surface area contributed by atoms with E-state index in [2.05, 4.69) is 27.2 Å². The van der Waals surface area contributed by atoms with Gasteiger partial charge in [-0.3, -0.25) is 10.3 Å². The fraction of sp³-hybridized carbons (Fsp3) is 0.174. The van der Waals surface area contributed by atoms with Gasteiger partial charge in [0.1, 0.15) is 6.10 Å². The van der Waals surface area contributed by atoms with Crippen molar-refractivity contribution in [3.63, 3.8) is 0 Å². The van der Waals surface area contributed by atoms with Gasteiger partial charge in [-0.25, -0.2) is 18.2 Å². The number of urea groups is 1. The Balaban J connectivity index is 1.71. The largest absolute Gasteiger partial charge is 0.385 e. The van der Waals surface area contributed by atoms with Crippen molar-refractivity contribution >= 4 is 48.3 Å². The minimum atomic E-state index is -3.31. The van der Waals surface area contributed by atoms with Gasteiger partial charge in [-0.1, -0.05) is 42.2 Å². The van der Waals surface area contributed by atoms with Gasteiger partial charge in [0.25, 0.3) is 0 Å². The molecule has 1 unspecified atom stereocenters. The van der Waals surface area contributed by atoms with Gasteiger partial charge in [0, 0.05) is 12.5 Å². The van der Waals surface area contributed by atoms with E-state index in [1.165, 1.54) is 23.8 Å². The molecule has 0 bridgehead atoms. The summed E-state index contributed by atoms with van der Waals surface area (Å²) >= 11 is 1.29. The number of amides is 2. The summed E-state index contributed by atoms with van der Waals surface area (Å²) in [5.41, 5.74) is 2.70. The summed E-state index contributed by atoms with van der Waals surface area (Å²) in [7, 11) is -3.31. The number of hydrogen-bond donors (Lipinski definition) is 3. The monoisotopic (exact) mass is 484 g/mol. The van der Waals surface area contributed by atoms with Crippen LogP contribution in [0.4, 0.5) is 9.93 Å². The first kappa shape index (κ1) is 24.3. The van der Waals surface area contributed by atoms with Gasteiger partial charge < -0.3 is 10.4 Å². The Kier molecular flexibility index (Phi) is 7.75. The lowest BCUT2D eigenvalue weighted by atomic mass is 10.1. The quantitative estimate of drug-likeness (QED) is 0.417. The number of rotatable bonds is 8. The number of hydrogen-bond acceptors (Lipinski definition) is 7. The molecular formula is C23H24N4O4S2. The molecule has 172 valence electrons. The van der Waals surface area contributed by atoms with E-state index in [9.17, 15) is 18.3 Å². The number of aliphatic imine (C=N–C) groups is 1. The minimum absolute atomic E-state index is 0.0332. The standard InChI is InChI=1S/C23H24N4O4S2/c1-4-7-18(24-5-2)20(28)14-25-22(29)27-23-26-19-11-10-16(13-21(19)32-23)15-8-6-9-17(12-15)33(3,30)31/h4-13,20,28H,2,14H2,1,3H3,(H2,25,26,27,29)/b7-4-,24-18?. The maximum Gasteiger partial charge on any atom is 0.321 e. The molecule has 2 aromatic carbocycles. The van der Waals surface area contributed by atoms with Crippen LogP contribution in [-0.4, -0.2) is 49.2 Å². The van der Waals surface area contributed by atoms with Crippen LogP contribution in [0.2, 0.25) is 0 Å². The summed E-state index contributed by atoms with van der Waals surface area (Å²) in [5.74, 6) is 0. The smallest absolute Gasteiger partial charge is 0.321 e. The topological polar surface area (TPSA) is 121 Å². The highest BCUT2D eigenvalue weighted by Gasteiger charge is 2.14. The molecule has 3 rings (SSSR count). The molecule has 0 radical (unpaired) electrons. The van der Waals surface area contributed by atoms with Gasteiger partial charge in [-0.05, 0) is 48.4 Å². The van der Waals surface area contributed by atoms with E-state index in [1.54, 1.807) is 37.3 Å². The van der Waals surface area contributed by atoms with Crippen molar-refractivity contribution in [2.24, 2.45) is 4.99 Å². The molecule has 8 nitrogen and oxygen atoms in total. The molecule has 1 aromatic heterocycles. The summed E-state index contributed by atoms with van der Waals surface area (Å²) in [6, 6.07) is 11.8. The van der Waals surface area contributed by atoms with Crippen molar-refractivity contribution in [2.75, 3.05) is 18.1 Å². The number of nitrogens with one attached hydrogen (secondary N) is 2. The van der Waals surface area contributed by atoms with E-state index >= 15 is 0 Å². The molecule has 0 fully saturated rings. The van der Waals surface area contributed by atoms with E-state index in [0.717, 1.165) is 15.8 Å². The van der Waals surface area contributed by atoms with Crippen LogP contribution in [0.5, 0.6) is 0 Å². The maximum atomic E-state index is 12.3. The average Bonchev–Trinajstić information content (AvgIpc) is 3.18. The summed E-state index contributed by atoms with van der Waals surface area (Å²) < 4.78 is 24.5. The summed E-state index contributed by atoms with van der Waals surface area (Å²) in [4.78, 5) is 20.9. The third kappa shape index (κ3) is 6.35. The van der Waals surface area contributed by atoms with Gasteiger partial charge in [0.2, 0.25) is 0 Å². The number of nitrogens with zero attached hydrogens (tertiary/aromatic N) is 2. The number of fused-ring (bicyclic) bond motifs is 1. The van der Waals surface area contributed by atoms with E-state index < -0.39 is 22.0 Å². The predicted octanol–water partition coefficient (Wildman–Crippen LogP) is 4.01. The van der Waals surface area contributed by atoms with Crippen LogP contribution in [-0.2, 0) is 9.84 Å². The van der Waals surface area contributed by atoms with Crippen molar-refractivity contribution < 1.29 is 18.3 Å². The zero-order valence-corrected chi connectivity index (χ0v) is 19.8. The fourth-order valence-corrected chi connectivity index (χ4v) is 4.58. The van der Waals surface area contributed by atoms with Crippen molar-refractivity contribution in [3.05, 3.63) is 67.4 Å². The fourth-order valence-electron chi connectivity index (χ4n) is 3.02. The van der Waals surface area contributed by atoms with Crippen LogP contribution in [0.25, 0.3) is 21.3 Å². The molecule has 3 aromatic rings. The van der Waals surface area contributed by atoms with Crippen molar-refractivity contribution in [2.45, 2.75) is 17.9 Å². The number of thiazole rings is 1. The summed E-state index contributed by atoms with van der Waals surface area (Å²) in [5, 5.41) is 15.8. The molecule has 0 aliphatic rings. The summed E-state index contributed by atoms with van der Waals surface area (Å²) in [6.45, 7) is 5.28. The van der Waals surface area contributed by atoms with Crippen LogP contribution in [0, 0.1) is 0 Å². The highest BCUT2D eigenvalue weighted by Crippen LogP contribution is 2.31. The Morgan fingerprint density at radius 3 is 2.73 bits per heavy atom. The van der Waals surface area contributed by atoms with E-state index in [-0.39, 0.29) is 11.4 Å². The number of anilines is 1. The van der Waals surface area contributed by atoms with Gasteiger partial charge >= 0.3 is 6.03 Å². The first-order valence-corrected chi connectivity index (χ1v) is 12.7. The van der Waals surface area contributed by atoms with Crippen LogP contribution >= 0.6 is 11.3 Å². The molecule has 0 aliphatic heterocycles. The normalized spacial score (nSPS) is 13.2. The minimum Gasteiger partial charge on any atom is -0.385 e. The molecule has 0 saturated heterocycles. The SMILES string of the molecule is C=CN=C(/C=C\C)C(O)CNC(=O)Nc1nc2ccc(-c3cccc(S(C)(=O)=O)c3)cc2s1. The molecule has 33 heavy (non-hydrogen) atoms. The summed E-state index contributed by atoms with van der Waals surface area (Å²) in [6.07, 6.45) is 4.89. The van der Waals surface area contributed by atoms with Crippen LogP contribution < -0.4 is 10.6 Å². The predicted molar refractivity (Wildman–Crippen MR) is 134 cm³/mol. The molecule has 1 heterocycles. The number of benzene rings is 2. The van der Waals surface area contributed by atoms with Crippen molar-refractivity contribution in [1.82, 2.24) is 10.3 Å². The van der Waals surface area contributed by atoms with Crippen molar-refractivity contribution in [3.8, 4) is 11.1 Å². The Bertz CT molecular complexity index is 1340. The first-order chi connectivity index (χ1) is 15.7. The second-order valence-electron chi connectivity index (χ2n) is 7.09. The number of carbonyl (C=O) groups excluding carboxylic acids is 1. The zero-order chi connectivity index (χ0) is 24.0. The van der Waals surface area contributed by atoms with E-state index in [4.69, 9.17) is 0 Å². The second-order valence-corrected chi connectivity index (χ2v) is 10.1. The highest BCUT2D eigenvalue weighted by molar-refractivity contribution is 7.90. The highest BCUT2D eigenvalue weighted by atomic mass is 32.2. The van der Waals surface area contributed by atoms with Crippen LogP contribution in [0.3, 0.4) is 0 Å².